The van der Waals surface area contributed by atoms with Crippen LogP contribution in [0.2, 0.25) is 0 Å². The highest BCUT2D eigenvalue weighted by atomic mass is 16.2. The lowest BCUT2D eigenvalue weighted by atomic mass is 10.1. The van der Waals surface area contributed by atoms with Crippen LogP contribution in [0.5, 0.6) is 0 Å². The molecule has 0 radical (unpaired) electrons. The first kappa shape index (κ1) is 14.0. The van der Waals surface area contributed by atoms with E-state index < -0.39 is 0 Å². The minimum Gasteiger partial charge on any atom is -0.280 e. The molecule has 1 fully saturated rings. The summed E-state index contributed by atoms with van der Waals surface area (Å²) in [6.07, 6.45) is 5.37. The van der Waals surface area contributed by atoms with Crippen molar-refractivity contribution >= 4 is 11.9 Å². The van der Waals surface area contributed by atoms with Gasteiger partial charge < -0.3 is 0 Å². The fourth-order valence-electron chi connectivity index (χ4n) is 2.40. The molecule has 1 aliphatic heterocycles. The van der Waals surface area contributed by atoms with Gasteiger partial charge in [-0.2, -0.15) is 0 Å². The second-order valence-electron chi connectivity index (χ2n) is 4.97. The van der Waals surface area contributed by atoms with Crippen LogP contribution in [0.1, 0.15) is 6.42 Å². The molecule has 3 heterocycles. The van der Waals surface area contributed by atoms with E-state index >= 15 is 0 Å². The Bertz CT molecular complexity index is 727. The minimum absolute atomic E-state index is 0.00838. The Morgan fingerprint density at radius 2 is 2.32 bits per heavy atom. The van der Waals surface area contributed by atoms with Crippen LogP contribution in [-0.4, -0.2) is 33.9 Å². The van der Waals surface area contributed by atoms with Crippen molar-refractivity contribution in [2.24, 2.45) is 11.0 Å². The Kier molecular flexibility index (Phi) is 3.93. The number of anilines is 1. The van der Waals surface area contributed by atoms with E-state index in [2.05, 4.69) is 25.0 Å². The molecule has 0 spiro atoms. The summed E-state index contributed by atoms with van der Waals surface area (Å²) in [4.78, 5) is 29.1. The molecule has 8 nitrogen and oxygen atoms in total. The maximum atomic E-state index is 12.1. The van der Waals surface area contributed by atoms with Crippen molar-refractivity contribution in [3.8, 4) is 11.3 Å². The normalized spacial score (nSPS) is 17.4. The van der Waals surface area contributed by atoms with Gasteiger partial charge in [-0.3, -0.25) is 14.7 Å². The fraction of sp³-hybridized carbons (Fsp3) is 0.286. The monoisotopic (exact) mass is 295 g/mol. The summed E-state index contributed by atoms with van der Waals surface area (Å²) in [7, 11) is 0. The summed E-state index contributed by atoms with van der Waals surface area (Å²) in [6, 6.07) is 5.50. The molecule has 1 atom stereocenters. The molecule has 0 aliphatic carbocycles. The van der Waals surface area contributed by atoms with E-state index in [0.717, 1.165) is 5.56 Å². The Labute approximate surface area is 126 Å². The number of nitrogens with zero attached hydrogens (tertiary/aromatic N) is 7. The van der Waals surface area contributed by atoms with Crippen LogP contribution < -0.4 is 4.90 Å². The van der Waals surface area contributed by atoms with E-state index in [-0.39, 0.29) is 11.8 Å². The number of hydrogen-bond acceptors (Lipinski definition) is 5. The SMILES string of the molecule is [N-]=[N+]=NCC1CC(=O)N(c2nccc(-c3cccnc3)n2)C1. The van der Waals surface area contributed by atoms with Gasteiger partial charge in [-0.15, -0.1) is 0 Å². The summed E-state index contributed by atoms with van der Waals surface area (Å²) >= 11 is 0. The van der Waals surface area contributed by atoms with Crippen molar-refractivity contribution in [3.05, 3.63) is 47.2 Å². The Balaban J connectivity index is 1.84. The van der Waals surface area contributed by atoms with Gasteiger partial charge >= 0.3 is 0 Å². The van der Waals surface area contributed by atoms with Gasteiger partial charge in [-0.25, -0.2) is 9.97 Å². The maximum Gasteiger partial charge on any atom is 0.232 e. The van der Waals surface area contributed by atoms with E-state index in [1.165, 1.54) is 4.90 Å². The number of azide groups is 1. The molecule has 110 valence electrons. The Morgan fingerprint density at radius 1 is 1.41 bits per heavy atom. The lowest BCUT2D eigenvalue weighted by molar-refractivity contribution is -0.117. The molecule has 2 aromatic rings. The van der Waals surface area contributed by atoms with Crippen LogP contribution >= 0.6 is 0 Å². The Morgan fingerprint density at radius 3 is 3.09 bits per heavy atom. The van der Waals surface area contributed by atoms with Crippen LogP contribution in [0.3, 0.4) is 0 Å². The predicted octanol–water partition coefficient (Wildman–Crippen LogP) is 2.20. The maximum absolute atomic E-state index is 12.1. The van der Waals surface area contributed by atoms with Gasteiger partial charge in [0.15, 0.2) is 0 Å². The standard InChI is InChI=1S/C14H13N7O/c15-20-18-7-10-6-13(22)21(9-10)14-17-5-3-12(19-14)11-2-1-4-16-8-11/h1-5,8,10H,6-7,9H2. The van der Waals surface area contributed by atoms with Gasteiger partial charge in [0.2, 0.25) is 11.9 Å². The van der Waals surface area contributed by atoms with Crippen molar-refractivity contribution in [1.29, 1.82) is 0 Å². The van der Waals surface area contributed by atoms with Crippen molar-refractivity contribution in [1.82, 2.24) is 15.0 Å². The zero-order chi connectivity index (χ0) is 15.4. The number of amides is 1. The first-order valence-electron chi connectivity index (χ1n) is 6.82. The zero-order valence-electron chi connectivity index (χ0n) is 11.7. The zero-order valence-corrected chi connectivity index (χ0v) is 11.7. The molecule has 8 heteroatoms. The summed E-state index contributed by atoms with van der Waals surface area (Å²) in [5.74, 6) is 0.324. The van der Waals surface area contributed by atoms with Crippen LogP contribution in [0, 0.1) is 5.92 Å². The molecule has 1 amide bonds. The lowest BCUT2D eigenvalue weighted by Crippen LogP contribution is -2.26. The molecule has 1 unspecified atom stereocenters. The van der Waals surface area contributed by atoms with E-state index in [4.69, 9.17) is 5.53 Å². The summed E-state index contributed by atoms with van der Waals surface area (Å²) < 4.78 is 0. The van der Waals surface area contributed by atoms with Gasteiger partial charge in [0.25, 0.3) is 0 Å². The average molecular weight is 295 g/mol. The van der Waals surface area contributed by atoms with Crippen molar-refractivity contribution in [2.75, 3.05) is 18.0 Å². The Hall–Kier alpha value is -2.99. The van der Waals surface area contributed by atoms with E-state index in [0.29, 0.717) is 31.2 Å². The molecular weight excluding hydrogens is 282 g/mol. The van der Waals surface area contributed by atoms with E-state index in [1.807, 2.05) is 12.1 Å². The van der Waals surface area contributed by atoms with Gasteiger partial charge in [-0.1, -0.05) is 5.11 Å². The molecule has 3 rings (SSSR count). The number of carbonyl (C=O) groups is 1. The second-order valence-corrected chi connectivity index (χ2v) is 4.97. The first-order valence-corrected chi connectivity index (χ1v) is 6.82. The molecule has 0 saturated carbocycles. The molecular formula is C14H13N7O. The molecule has 0 bridgehead atoms. The molecule has 1 saturated heterocycles. The van der Waals surface area contributed by atoms with Gasteiger partial charge in [0.1, 0.15) is 0 Å². The lowest BCUT2D eigenvalue weighted by Gasteiger charge is -2.14. The van der Waals surface area contributed by atoms with Gasteiger partial charge in [-0.05, 0) is 29.6 Å². The topological polar surface area (TPSA) is 108 Å². The van der Waals surface area contributed by atoms with Crippen LogP contribution in [0.15, 0.2) is 41.9 Å². The third kappa shape index (κ3) is 2.87. The largest absolute Gasteiger partial charge is 0.280 e. The van der Waals surface area contributed by atoms with Gasteiger partial charge in [0, 0.05) is 48.6 Å². The highest BCUT2D eigenvalue weighted by molar-refractivity contribution is 5.94. The predicted molar refractivity (Wildman–Crippen MR) is 79.7 cm³/mol. The number of rotatable bonds is 4. The number of carbonyl (C=O) groups excluding carboxylic acids is 1. The van der Waals surface area contributed by atoms with Gasteiger partial charge in [0.05, 0.1) is 5.69 Å². The van der Waals surface area contributed by atoms with Crippen molar-refractivity contribution in [3.63, 3.8) is 0 Å². The quantitative estimate of drug-likeness (QED) is 0.489. The van der Waals surface area contributed by atoms with Crippen LogP contribution in [-0.2, 0) is 4.79 Å². The first-order chi connectivity index (χ1) is 10.8. The highest BCUT2D eigenvalue weighted by Gasteiger charge is 2.31. The summed E-state index contributed by atoms with van der Waals surface area (Å²) in [5, 5.41) is 3.53. The average Bonchev–Trinajstić information content (AvgIpc) is 2.95. The highest BCUT2D eigenvalue weighted by Crippen LogP contribution is 2.24. The molecule has 1 aliphatic rings. The molecule has 0 aromatic carbocycles. The fourth-order valence-corrected chi connectivity index (χ4v) is 2.40. The third-order valence-corrected chi connectivity index (χ3v) is 3.45. The number of pyridine rings is 1. The molecule has 22 heavy (non-hydrogen) atoms. The smallest absolute Gasteiger partial charge is 0.232 e. The second kappa shape index (κ2) is 6.19. The third-order valence-electron chi connectivity index (χ3n) is 3.45. The van der Waals surface area contributed by atoms with E-state index in [9.17, 15) is 4.79 Å². The summed E-state index contributed by atoms with van der Waals surface area (Å²) in [5.41, 5.74) is 9.94. The van der Waals surface area contributed by atoms with E-state index in [1.54, 1.807) is 24.7 Å². The molecule has 2 aromatic heterocycles. The van der Waals surface area contributed by atoms with Crippen molar-refractivity contribution in [2.45, 2.75) is 6.42 Å². The number of hydrogen-bond donors (Lipinski definition) is 0. The number of aromatic nitrogens is 3. The van der Waals surface area contributed by atoms with Crippen LogP contribution in [0.25, 0.3) is 21.7 Å². The van der Waals surface area contributed by atoms with Crippen LogP contribution in [0.4, 0.5) is 5.95 Å². The summed E-state index contributed by atoms with van der Waals surface area (Å²) in [6.45, 7) is 0.773. The van der Waals surface area contributed by atoms with Crippen molar-refractivity contribution < 1.29 is 4.79 Å². The molecule has 0 N–H and O–H groups in total. The minimum atomic E-state index is -0.0542.